The first-order valence-electron chi connectivity index (χ1n) is 5.43. The third-order valence-electron chi connectivity index (χ3n) is 2.74. The molecule has 0 saturated carbocycles. The molecule has 0 aliphatic heterocycles. The summed E-state index contributed by atoms with van der Waals surface area (Å²) < 4.78 is 5.02. The zero-order valence-corrected chi connectivity index (χ0v) is 12.2. The molecule has 0 saturated heterocycles. The first-order valence-corrected chi connectivity index (χ1v) is 6.76. The highest BCUT2D eigenvalue weighted by molar-refractivity contribution is 9.10. The fourth-order valence-corrected chi connectivity index (χ4v) is 2.73. The van der Waals surface area contributed by atoms with Gasteiger partial charge in [0.15, 0.2) is 0 Å². The Labute approximate surface area is 114 Å². The van der Waals surface area contributed by atoms with Gasteiger partial charge in [0.2, 0.25) is 0 Å². The van der Waals surface area contributed by atoms with E-state index in [1.54, 1.807) is 6.20 Å². The Hall–Kier alpha value is -0.810. The van der Waals surface area contributed by atoms with Crippen LogP contribution in [-0.2, 0) is 25.9 Å². The lowest BCUT2D eigenvalue weighted by molar-refractivity contribution is 0.648. The van der Waals surface area contributed by atoms with Gasteiger partial charge in [0.05, 0.1) is 28.3 Å². The molecule has 2 aromatic heterocycles. The van der Waals surface area contributed by atoms with Gasteiger partial charge in [-0.3, -0.25) is 4.68 Å². The molecule has 0 aliphatic carbocycles. The van der Waals surface area contributed by atoms with Crippen molar-refractivity contribution in [3.63, 3.8) is 0 Å². The Kier molecular flexibility index (Phi) is 3.89. The Morgan fingerprint density at radius 3 is 2.82 bits per heavy atom. The molecule has 0 N–H and O–H groups in total. The van der Waals surface area contributed by atoms with Crippen LogP contribution in [0.25, 0.3) is 0 Å². The fraction of sp³-hybridized carbons (Fsp3) is 0.455. The van der Waals surface area contributed by atoms with Crippen LogP contribution in [0.4, 0.5) is 0 Å². The number of imidazole rings is 1. The molecule has 6 heteroatoms. The predicted octanol–water partition coefficient (Wildman–Crippen LogP) is 2.73. The van der Waals surface area contributed by atoms with Crippen molar-refractivity contribution in [3.05, 3.63) is 34.1 Å². The average molecular weight is 318 g/mol. The van der Waals surface area contributed by atoms with E-state index in [4.69, 9.17) is 11.6 Å². The number of rotatable bonds is 4. The van der Waals surface area contributed by atoms with E-state index in [2.05, 4.69) is 32.9 Å². The highest BCUT2D eigenvalue weighted by Gasteiger charge is 2.13. The third kappa shape index (κ3) is 2.40. The molecule has 4 nitrogen and oxygen atoms in total. The largest absolute Gasteiger partial charge is 0.328 e. The zero-order chi connectivity index (χ0) is 12.4. The van der Waals surface area contributed by atoms with Crippen LogP contribution in [0, 0.1) is 0 Å². The summed E-state index contributed by atoms with van der Waals surface area (Å²) in [5.41, 5.74) is 2.21. The van der Waals surface area contributed by atoms with Crippen LogP contribution in [0.5, 0.6) is 0 Å². The maximum Gasteiger partial charge on any atom is 0.123 e. The monoisotopic (exact) mass is 316 g/mol. The first-order chi connectivity index (χ1) is 8.17. The second-order valence-electron chi connectivity index (χ2n) is 3.79. The smallest absolute Gasteiger partial charge is 0.123 e. The lowest BCUT2D eigenvalue weighted by atomic mass is 10.3. The van der Waals surface area contributed by atoms with Gasteiger partial charge in [0.25, 0.3) is 0 Å². The van der Waals surface area contributed by atoms with Gasteiger partial charge in [-0.25, -0.2) is 4.98 Å². The quantitative estimate of drug-likeness (QED) is 0.813. The molecule has 2 aromatic rings. The first kappa shape index (κ1) is 12.6. The van der Waals surface area contributed by atoms with Crippen molar-refractivity contribution in [2.24, 2.45) is 7.05 Å². The predicted molar refractivity (Wildman–Crippen MR) is 71.2 cm³/mol. The van der Waals surface area contributed by atoms with Crippen LogP contribution in [0.1, 0.15) is 24.1 Å². The minimum atomic E-state index is 0.420. The van der Waals surface area contributed by atoms with E-state index < -0.39 is 0 Å². The molecule has 2 rings (SSSR count). The molecule has 0 aliphatic rings. The molecule has 0 atom stereocenters. The molecule has 0 aromatic carbocycles. The molecule has 0 bridgehead atoms. The van der Waals surface area contributed by atoms with Gasteiger partial charge >= 0.3 is 0 Å². The second-order valence-corrected chi connectivity index (χ2v) is 4.85. The molecule has 0 unspecified atom stereocenters. The summed E-state index contributed by atoms with van der Waals surface area (Å²) in [6.07, 6.45) is 4.62. The fourth-order valence-electron chi connectivity index (χ4n) is 1.77. The molecular weight excluding hydrogens is 304 g/mol. The molecule has 0 spiro atoms. The molecule has 0 fully saturated rings. The average Bonchev–Trinajstić information content (AvgIpc) is 2.88. The summed E-state index contributed by atoms with van der Waals surface area (Å²) in [6.45, 7) is 2.82. The van der Waals surface area contributed by atoms with Crippen LogP contribution < -0.4 is 0 Å². The van der Waals surface area contributed by atoms with E-state index in [0.717, 1.165) is 34.7 Å². The minimum absolute atomic E-state index is 0.420. The summed E-state index contributed by atoms with van der Waals surface area (Å²) in [6, 6.07) is 0. The number of halogens is 2. The van der Waals surface area contributed by atoms with Crippen molar-refractivity contribution in [1.82, 2.24) is 19.3 Å². The van der Waals surface area contributed by atoms with E-state index >= 15 is 0 Å². The number of hydrogen-bond acceptors (Lipinski definition) is 2. The van der Waals surface area contributed by atoms with Gasteiger partial charge in [-0.1, -0.05) is 6.92 Å². The van der Waals surface area contributed by atoms with Crippen molar-refractivity contribution < 1.29 is 0 Å². The van der Waals surface area contributed by atoms with Gasteiger partial charge < -0.3 is 4.57 Å². The zero-order valence-electron chi connectivity index (χ0n) is 9.82. The maximum atomic E-state index is 5.83. The van der Waals surface area contributed by atoms with E-state index in [1.165, 1.54) is 0 Å². The van der Waals surface area contributed by atoms with Gasteiger partial charge in [0, 0.05) is 19.4 Å². The van der Waals surface area contributed by atoms with Crippen molar-refractivity contribution in [1.29, 1.82) is 0 Å². The van der Waals surface area contributed by atoms with Gasteiger partial charge in [0.1, 0.15) is 5.82 Å². The normalized spacial score (nSPS) is 11.1. The summed E-state index contributed by atoms with van der Waals surface area (Å²) in [5, 5.41) is 4.47. The summed E-state index contributed by atoms with van der Waals surface area (Å²) in [5.74, 6) is 1.29. The SMILES string of the molecule is CCc1nn(C)c(Cn2ccnc2CCl)c1Br. The molecular formula is C11H14BrClN4. The van der Waals surface area contributed by atoms with Crippen LogP contribution in [0.2, 0.25) is 0 Å². The number of hydrogen-bond donors (Lipinski definition) is 0. The van der Waals surface area contributed by atoms with Crippen LogP contribution in [-0.4, -0.2) is 19.3 Å². The standard InChI is InChI=1S/C11H14BrClN4/c1-3-8-11(12)9(16(2)15-8)7-17-5-4-14-10(17)6-13/h4-5H,3,6-7H2,1-2H3. The summed E-state index contributed by atoms with van der Waals surface area (Å²) in [7, 11) is 1.95. The van der Waals surface area contributed by atoms with Crippen molar-refractivity contribution in [3.8, 4) is 0 Å². The van der Waals surface area contributed by atoms with Crippen LogP contribution in [0.15, 0.2) is 16.9 Å². The molecule has 2 heterocycles. The lowest BCUT2D eigenvalue weighted by Crippen LogP contribution is -2.07. The second kappa shape index (κ2) is 5.23. The van der Waals surface area contributed by atoms with Crippen molar-refractivity contribution in [2.75, 3.05) is 0 Å². The lowest BCUT2D eigenvalue weighted by Gasteiger charge is -2.07. The van der Waals surface area contributed by atoms with E-state index in [-0.39, 0.29) is 0 Å². The summed E-state index contributed by atoms with van der Waals surface area (Å²) >= 11 is 9.44. The van der Waals surface area contributed by atoms with E-state index in [1.807, 2.05) is 22.5 Å². The molecule has 17 heavy (non-hydrogen) atoms. The Morgan fingerprint density at radius 1 is 1.47 bits per heavy atom. The maximum absolute atomic E-state index is 5.83. The molecule has 0 amide bonds. The minimum Gasteiger partial charge on any atom is -0.328 e. The Balaban J connectivity index is 2.33. The Bertz CT molecular complexity index is 518. The van der Waals surface area contributed by atoms with Gasteiger partial charge in [-0.15, -0.1) is 11.6 Å². The van der Waals surface area contributed by atoms with Crippen LogP contribution >= 0.6 is 27.5 Å². The van der Waals surface area contributed by atoms with Crippen LogP contribution in [0.3, 0.4) is 0 Å². The highest BCUT2D eigenvalue weighted by atomic mass is 79.9. The number of nitrogens with zero attached hydrogens (tertiary/aromatic N) is 4. The third-order valence-corrected chi connectivity index (χ3v) is 3.90. The Morgan fingerprint density at radius 2 is 2.24 bits per heavy atom. The number of alkyl halides is 1. The van der Waals surface area contributed by atoms with E-state index in [9.17, 15) is 0 Å². The molecule has 92 valence electrons. The number of aromatic nitrogens is 4. The molecule has 0 radical (unpaired) electrons. The highest BCUT2D eigenvalue weighted by Crippen LogP contribution is 2.22. The van der Waals surface area contributed by atoms with Crippen molar-refractivity contribution >= 4 is 27.5 Å². The van der Waals surface area contributed by atoms with Gasteiger partial charge in [-0.05, 0) is 22.4 Å². The van der Waals surface area contributed by atoms with Crippen molar-refractivity contribution in [2.45, 2.75) is 25.8 Å². The summed E-state index contributed by atoms with van der Waals surface area (Å²) in [4.78, 5) is 4.20. The topological polar surface area (TPSA) is 35.6 Å². The number of aryl methyl sites for hydroxylation is 2. The van der Waals surface area contributed by atoms with E-state index in [0.29, 0.717) is 5.88 Å². The van der Waals surface area contributed by atoms with Gasteiger partial charge in [-0.2, -0.15) is 5.10 Å².